The van der Waals surface area contributed by atoms with Crippen LogP contribution in [0, 0.1) is 11.3 Å². The predicted octanol–water partition coefficient (Wildman–Crippen LogP) is 5.50. The molecule has 5 rings (SSSR count). The molecule has 170 valence electrons. The zero-order chi connectivity index (χ0) is 23.0. The lowest BCUT2D eigenvalue weighted by Gasteiger charge is -2.37. The number of hydrogen-bond acceptors (Lipinski definition) is 5. The zero-order valence-electron chi connectivity index (χ0n) is 19.4. The molecule has 0 aliphatic heterocycles. The van der Waals surface area contributed by atoms with Crippen LogP contribution in [-0.4, -0.2) is 24.3 Å². The lowest BCUT2D eigenvalue weighted by molar-refractivity contribution is 0.152. The average Bonchev–Trinajstić information content (AvgIpc) is 3.34. The van der Waals surface area contributed by atoms with Crippen molar-refractivity contribution in [3.05, 3.63) is 71.4 Å². The Labute approximate surface area is 193 Å². The van der Waals surface area contributed by atoms with Crippen molar-refractivity contribution in [3.8, 4) is 5.69 Å². The van der Waals surface area contributed by atoms with Gasteiger partial charge in [-0.3, -0.25) is 9.36 Å². The summed E-state index contributed by atoms with van der Waals surface area (Å²) in [5, 5.41) is 8.41. The van der Waals surface area contributed by atoms with E-state index in [1.165, 1.54) is 0 Å². The van der Waals surface area contributed by atoms with Gasteiger partial charge in [-0.2, -0.15) is 10.1 Å². The number of aromatic nitrogens is 5. The molecular weight excluding hydrogens is 412 g/mol. The van der Waals surface area contributed by atoms with Crippen LogP contribution in [0.1, 0.15) is 52.5 Å². The van der Waals surface area contributed by atoms with Crippen molar-refractivity contribution < 1.29 is 0 Å². The molecule has 0 saturated heterocycles. The molecule has 0 radical (unpaired) electrons. The molecule has 3 aromatic heterocycles. The van der Waals surface area contributed by atoms with Crippen LogP contribution in [0.15, 0.2) is 65.8 Å². The quantitative estimate of drug-likeness (QED) is 0.452. The first kappa shape index (κ1) is 21.4. The van der Waals surface area contributed by atoms with Gasteiger partial charge >= 0.3 is 0 Å². The van der Waals surface area contributed by atoms with Crippen molar-refractivity contribution in [2.75, 3.05) is 5.32 Å². The largest absolute Gasteiger partial charge is 0.324 e. The van der Waals surface area contributed by atoms with Gasteiger partial charge < -0.3 is 5.32 Å². The lowest BCUT2D eigenvalue weighted by atomic mass is 9.71. The molecule has 0 spiro atoms. The topological polar surface area (TPSA) is 77.6 Å². The molecule has 0 bridgehead atoms. The highest BCUT2D eigenvalue weighted by Crippen LogP contribution is 2.41. The number of anilines is 2. The number of fused-ring (bicyclic) bond motifs is 1. The smallest absolute Gasteiger partial charge is 0.252 e. The monoisotopic (exact) mass is 442 g/mol. The third kappa shape index (κ3) is 4.40. The number of nitrogens with zero attached hydrogens (tertiary/aromatic N) is 5. The number of pyridine rings is 1. The zero-order valence-corrected chi connectivity index (χ0v) is 19.4. The highest BCUT2D eigenvalue weighted by molar-refractivity contribution is 5.75. The first-order valence-corrected chi connectivity index (χ1v) is 11.6. The second kappa shape index (κ2) is 8.46. The lowest BCUT2D eigenvalue weighted by Crippen LogP contribution is -2.31. The minimum absolute atomic E-state index is 0.00920. The molecule has 33 heavy (non-hydrogen) atoms. The van der Waals surface area contributed by atoms with Gasteiger partial charge in [-0.15, -0.1) is 0 Å². The maximum absolute atomic E-state index is 12.9. The third-order valence-electron chi connectivity index (χ3n) is 6.85. The summed E-state index contributed by atoms with van der Waals surface area (Å²) in [5.74, 6) is 1.17. The minimum Gasteiger partial charge on any atom is -0.324 e. The molecule has 4 aromatic rings. The van der Waals surface area contributed by atoms with Crippen LogP contribution in [-0.2, 0) is 0 Å². The van der Waals surface area contributed by atoms with Gasteiger partial charge in [0, 0.05) is 41.8 Å². The van der Waals surface area contributed by atoms with Crippen LogP contribution in [0.3, 0.4) is 0 Å². The van der Waals surface area contributed by atoms with Crippen molar-refractivity contribution in [2.24, 2.45) is 11.3 Å². The highest BCUT2D eigenvalue weighted by atomic mass is 16.1. The van der Waals surface area contributed by atoms with Gasteiger partial charge in [0.25, 0.3) is 5.56 Å². The molecule has 1 N–H and O–H groups in total. The van der Waals surface area contributed by atoms with Gasteiger partial charge in [-0.1, -0.05) is 20.8 Å². The fourth-order valence-electron chi connectivity index (χ4n) is 4.90. The summed E-state index contributed by atoms with van der Waals surface area (Å²) in [4.78, 5) is 22.2. The summed E-state index contributed by atoms with van der Waals surface area (Å²) in [5.41, 5.74) is 2.87. The van der Waals surface area contributed by atoms with E-state index in [9.17, 15) is 4.79 Å². The molecule has 0 unspecified atom stereocenters. The van der Waals surface area contributed by atoms with Crippen LogP contribution in [0.5, 0.6) is 0 Å². The van der Waals surface area contributed by atoms with Crippen LogP contribution < -0.4 is 10.9 Å². The van der Waals surface area contributed by atoms with Crippen LogP contribution in [0.2, 0.25) is 0 Å². The summed E-state index contributed by atoms with van der Waals surface area (Å²) in [6.45, 7) is 6.94. The van der Waals surface area contributed by atoms with E-state index >= 15 is 0 Å². The third-order valence-corrected chi connectivity index (χ3v) is 6.85. The Morgan fingerprint density at radius 1 is 1.00 bits per heavy atom. The Kier molecular flexibility index (Phi) is 5.48. The Hall–Kier alpha value is -3.48. The van der Waals surface area contributed by atoms with Crippen molar-refractivity contribution in [1.29, 1.82) is 0 Å². The van der Waals surface area contributed by atoms with E-state index in [-0.39, 0.29) is 11.6 Å². The van der Waals surface area contributed by atoms with Crippen molar-refractivity contribution in [1.82, 2.24) is 24.3 Å². The standard InChI is InChI=1S/C26H30N6O/c1-26(2,3)19-6-10-22(11-7-19)32-23(33)14-5-18-17-27-25(30-24(18)32)29-20-8-12-21(13-9-20)31-16-4-15-28-31/h4-5,8-9,12-17,19,22H,6-7,10-11H2,1-3H3,(H,27,29,30). The number of hydrogen-bond donors (Lipinski definition) is 1. The summed E-state index contributed by atoms with van der Waals surface area (Å²) in [7, 11) is 0. The summed E-state index contributed by atoms with van der Waals surface area (Å²) >= 11 is 0. The first-order chi connectivity index (χ1) is 15.9. The van der Waals surface area contributed by atoms with Gasteiger partial charge in [0.2, 0.25) is 5.95 Å². The molecule has 0 atom stereocenters. The molecular formula is C26H30N6O. The van der Waals surface area contributed by atoms with E-state index in [1.807, 2.05) is 51.8 Å². The van der Waals surface area contributed by atoms with Crippen molar-refractivity contribution >= 4 is 22.7 Å². The molecule has 1 aliphatic rings. The summed E-state index contributed by atoms with van der Waals surface area (Å²) in [6.07, 6.45) is 9.73. The fraction of sp³-hybridized carbons (Fsp3) is 0.385. The van der Waals surface area contributed by atoms with Gasteiger partial charge in [0.15, 0.2) is 0 Å². The first-order valence-electron chi connectivity index (χ1n) is 11.6. The van der Waals surface area contributed by atoms with Gasteiger partial charge in [0.1, 0.15) is 5.65 Å². The maximum Gasteiger partial charge on any atom is 0.252 e. The van der Waals surface area contributed by atoms with Crippen molar-refractivity contribution in [2.45, 2.75) is 52.5 Å². The van der Waals surface area contributed by atoms with Crippen molar-refractivity contribution in [3.63, 3.8) is 0 Å². The second-order valence-corrected chi connectivity index (χ2v) is 10.0. The van der Waals surface area contributed by atoms with E-state index < -0.39 is 0 Å². The normalized spacial score (nSPS) is 19.0. The Morgan fingerprint density at radius 3 is 2.42 bits per heavy atom. The van der Waals surface area contributed by atoms with E-state index in [1.54, 1.807) is 18.5 Å². The SMILES string of the molecule is CC(C)(C)C1CCC(n2c(=O)ccc3cnc(Nc4ccc(-n5cccn5)cc4)nc32)CC1. The molecule has 1 fully saturated rings. The molecule has 3 heterocycles. The predicted molar refractivity (Wildman–Crippen MR) is 131 cm³/mol. The Balaban J connectivity index is 1.41. The van der Waals surface area contributed by atoms with E-state index in [2.05, 4.69) is 36.2 Å². The Morgan fingerprint density at radius 2 is 1.76 bits per heavy atom. The summed E-state index contributed by atoms with van der Waals surface area (Å²) in [6, 6.07) is 13.4. The summed E-state index contributed by atoms with van der Waals surface area (Å²) < 4.78 is 3.70. The van der Waals surface area contributed by atoms with Gasteiger partial charge in [0.05, 0.1) is 5.69 Å². The van der Waals surface area contributed by atoms with Crippen LogP contribution in [0.25, 0.3) is 16.7 Å². The second-order valence-electron chi connectivity index (χ2n) is 10.0. The maximum atomic E-state index is 12.9. The molecule has 1 aromatic carbocycles. The fourth-order valence-corrected chi connectivity index (χ4v) is 4.90. The van der Waals surface area contributed by atoms with Gasteiger partial charge in [-0.05, 0) is 73.4 Å². The molecule has 1 saturated carbocycles. The van der Waals surface area contributed by atoms with E-state index in [4.69, 9.17) is 4.98 Å². The number of nitrogens with one attached hydrogen (secondary N) is 1. The molecule has 1 aliphatic carbocycles. The molecule has 7 heteroatoms. The number of benzene rings is 1. The minimum atomic E-state index is 0.00920. The van der Waals surface area contributed by atoms with E-state index in [0.29, 0.717) is 22.9 Å². The van der Waals surface area contributed by atoms with Crippen LogP contribution in [0.4, 0.5) is 11.6 Å². The highest BCUT2D eigenvalue weighted by Gasteiger charge is 2.31. The molecule has 0 amide bonds. The Bertz CT molecular complexity index is 1290. The van der Waals surface area contributed by atoms with Crippen LogP contribution >= 0.6 is 0 Å². The average molecular weight is 443 g/mol. The van der Waals surface area contributed by atoms with Gasteiger partial charge in [-0.25, -0.2) is 9.67 Å². The molecule has 7 nitrogen and oxygen atoms in total. The number of rotatable bonds is 4. The van der Waals surface area contributed by atoms with E-state index in [0.717, 1.165) is 42.4 Å².